The number of rotatable bonds is 5. The summed E-state index contributed by atoms with van der Waals surface area (Å²) in [5.74, 6) is -0.426. The monoisotopic (exact) mass is 350 g/mol. The van der Waals surface area contributed by atoms with Gasteiger partial charge in [-0.3, -0.25) is 10.1 Å². The highest BCUT2D eigenvalue weighted by atomic mass is 32.1. The summed E-state index contributed by atoms with van der Waals surface area (Å²) in [5.41, 5.74) is 5.76. The van der Waals surface area contributed by atoms with Crippen LogP contribution >= 0.6 is 11.3 Å². The summed E-state index contributed by atoms with van der Waals surface area (Å²) in [6, 6.07) is 6.54. The molecule has 0 aliphatic carbocycles. The van der Waals surface area contributed by atoms with Gasteiger partial charge in [-0.05, 0) is 24.5 Å². The highest BCUT2D eigenvalue weighted by molar-refractivity contribution is 7.15. The van der Waals surface area contributed by atoms with Gasteiger partial charge in [0.1, 0.15) is 10.8 Å². The van der Waals surface area contributed by atoms with E-state index in [9.17, 15) is 9.18 Å². The normalized spacial score (nSPS) is 16.8. The zero-order valence-electron chi connectivity index (χ0n) is 13.1. The molecule has 0 atom stereocenters. The molecule has 3 N–H and O–H groups in total. The van der Waals surface area contributed by atoms with Crippen LogP contribution in [0.4, 0.5) is 9.52 Å². The summed E-state index contributed by atoms with van der Waals surface area (Å²) in [5, 5.41) is 11.9. The molecule has 1 aliphatic heterocycles. The van der Waals surface area contributed by atoms with Crippen molar-refractivity contribution in [1.29, 1.82) is 0 Å². The number of hydrogen-bond donors (Lipinski definition) is 2. The molecule has 1 saturated heterocycles. The molecule has 0 spiro atoms. The quantitative estimate of drug-likeness (QED) is 0.860. The van der Waals surface area contributed by atoms with Crippen molar-refractivity contribution in [2.24, 2.45) is 11.1 Å². The minimum atomic E-state index is -0.615. The van der Waals surface area contributed by atoms with Crippen LogP contribution < -0.4 is 11.1 Å². The minimum Gasteiger partial charge on any atom is -0.381 e. The second-order valence-electron chi connectivity index (χ2n) is 5.82. The van der Waals surface area contributed by atoms with E-state index in [1.807, 2.05) is 0 Å². The lowest BCUT2D eigenvalue weighted by Gasteiger charge is -2.34. The van der Waals surface area contributed by atoms with E-state index in [2.05, 4.69) is 15.5 Å². The number of nitrogens with zero attached hydrogens (tertiary/aromatic N) is 2. The van der Waals surface area contributed by atoms with Crippen LogP contribution in [0.1, 0.15) is 23.4 Å². The van der Waals surface area contributed by atoms with Gasteiger partial charge in [-0.1, -0.05) is 29.5 Å². The molecule has 1 aromatic heterocycles. The number of nitrogens with one attached hydrogen (secondary N) is 1. The minimum absolute atomic E-state index is 0.151. The summed E-state index contributed by atoms with van der Waals surface area (Å²) >= 11 is 1.25. The highest BCUT2D eigenvalue weighted by Gasteiger charge is 2.39. The number of hydrogen-bond acceptors (Lipinski definition) is 6. The molecule has 128 valence electrons. The Morgan fingerprint density at radius 3 is 2.79 bits per heavy atom. The van der Waals surface area contributed by atoms with Gasteiger partial charge in [0, 0.05) is 26.2 Å². The average molecular weight is 350 g/mol. The molecule has 2 heterocycles. The van der Waals surface area contributed by atoms with Gasteiger partial charge in [0.2, 0.25) is 11.0 Å². The fraction of sp³-hybridized carbons (Fsp3) is 0.438. The maximum Gasteiger partial charge on any atom is 0.233 e. The Morgan fingerprint density at radius 1 is 1.33 bits per heavy atom. The second kappa shape index (κ2) is 7.33. The number of aromatic nitrogens is 2. The van der Waals surface area contributed by atoms with E-state index >= 15 is 0 Å². The Labute approximate surface area is 143 Å². The lowest BCUT2D eigenvalue weighted by Crippen LogP contribution is -2.46. The first-order chi connectivity index (χ1) is 11.6. The molecule has 0 bridgehead atoms. The number of carbonyl (C=O) groups excluding carboxylic acids is 1. The van der Waals surface area contributed by atoms with Gasteiger partial charge in [0.15, 0.2) is 0 Å². The van der Waals surface area contributed by atoms with Crippen molar-refractivity contribution in [3.05, 3.63) is 40.7 Å². The zero-order valence-corrected chi connectivity index (χ0v) is 13.9. The van der Waals surface area contributed by atoms with Crippen LogP contribution in [0.3, 0.4) is 0 Å². The summed E-state index contributed by atoms with van der Waals surface area (Å²) in [4.78, 5) is 12.6. The van der Waals surface area contributed by atoms with E-state index in [1.165, 1.54) is 17.4 Å². The SMILES string of the molecule is NCC1(C(=O)Nc2nnc(Cc3ccccc3F)s2)CCOCC1. The number of halogens is 1. The van der Waals surface area contributed by atoms with Crippen molar-refractivity contribution in [3.63, 3.8) is 0 Å². The maximum absolute atomic E-state index is 13.7. The summed E-state index contributed by atoms with van der Waals surface area (Å²) in [6.45, 7) is 1.32. The largest absolute Gasteiger partial charge is 0.381 e. The molecular formula is C16H19FN4O2S. The smallest absolute Gasteiger partial charge is 0.233 e. The van der Waals surface area contributed by atoms with E-state index in [0.29, 0.717) is 48.2 Å². The summed E-state index contributed by atoms with van der Waals surface area (Å²) in [7, 11) is 0. The van der Waals surface area contributed by atoms with E-state index in [-0.39, 0.29) is 18.3 Å². The molecule has 1 fully saturated rings. The molecule has 1 aliphatic rings. The summed E-state index contributed by atoms with van der Waals surface area (Å²) in [6.07, 6.45) is 1.53. The van der Waals surface area contributed by atoms with Crippen LogP contribution in [0.5, 0.6) is 0 Å². The Bertz CT molecular complexity index is 716. The van der Waals surface area contributed by atoms with Crippen molar-refractivity contribution < 1.29 is 13.9 Å². The first-order valence-electron chi connectivity index (χ1n) is 7.78. The molecule has 8 heteroatoms. The van der Waals surface area contributed by atoms with Gasteiger partial charge in [-0.15, -0.1) is 10.2 Å². The van der Waals surface area contributed by atoms with Crippen molar-refractivity contribution in [1.82, 2.24) is 10.2 Å². The van der Waals surface area contributed by atoms with Gasteiger partial charge in [-0.2, -0.15) is 0 Å². The van der Waals surface area contributed by atoms with Crippen molar-refractivity contribution in [2.45, 2.75) is 19.3 Å². The third-order valence-corrected chi connectivity index (χ3v) is 5.15. The number of ether oxygens (including phenoxy) is 1. The van der Waals surface area contributed by atoms with Crippen LogP contribution in [0.15, 0.2) is 24.3 Å². The third kappa shape index (κ3) is 3.61. The molecule has 24 heavy (non-hydrogen) atoms. The molecule has 0 unspecified atom stereocenters. The molecule has 1 amide bonds. The van der Waals surface area contributed by atoms with Crippen LogP contribution in [0.2, 0.25) is 0 Å². The van der Waals surface area contributed by atoms with Gasteiger partial charge < -0.3 is 10.5 Å². The predicted octanol–water partition coefficient (Wildman–Crippen LogP) is 1.96. The first-order valence-corrected chi connectivity index (χ1v) is 8.60. The fourth-order valence-corrected chi connectivity index (χ4v) is 3.45. The van der Waals surface area contributed by atoms with E-state index < -0.39 is 5.41 Å². The number of carbonyl (C=O) groups is 1. The Morgan fingerprint density at radius 2 is 2.08 bits per heavy atom. The molecule has 2 aromatic rings. The number of anilines is 1. The van der Waals surface area contributed by atoms with E-state index in [1.54, 1.807) is 18.2 Å². The summed E-state index contributed by atoms with van der Waals surface area (Å²) < 4.78 is 19.0. The molecule has 0 radical (unpaired) electrons. The molecule has 0 saturated carbocycles. The van der Waals surface area contributed by atoms with Crippen LogP contribution in [-0.2, 0) is 16.0 Å². The van der Waals surface area contributed by atoms with Crippen LogP contribution in [0, 0.1) is 11.2 Å². The van der Waals surface area contributed by atoms with Gasteiger partial charge in [0.25, 0.3) is 0 Å². The topological polar surface area (TPSA) is 90.1 Å². The van der Waals surface area contributed by atoms with Crippen LogP contribution in [0.25, 0.3) is 0 Å². The average Bonchev–Trinajstić information content (AvgIpc) is 3.04. The zero-order chi connectivity index (χ0) is 17.0. The fourth-order valence-electron chi connectivity index (χ4n) is 2.70. The van der Waals surface area contributed by atoms with E-state index in [0.717, 1.165) is 0 Å². The first kappa shape index (κ1) is 16.9. The van der Waals surface area contributed by atoms with Gasteiger partial charge in [-0.25, -0.2) is 4.39 Å². The molecule has 6 nitrogen and oxygen atoms in total. The van der Waals surface area contributed by atoms with Gasteiger partial charge in [0.05, 0.1) is 5.41 Å². The number of nitrogens with two attached hydrogens (primary N) is 1. The van der Waals surface area contributed by atoms with Crippen molar-refractivity contribution >= 4 is 22.4 Å². The lowest BCUT2D eigenvalue weighted by atomic mass is 9.79. The third-order valence-electron chi connectivity index (χ3n) is 4.31. The number of benzene rings is 1. The highest BCUT2D eigenvalue weighted by Crippen LogP contribution is 2.31. The molecular weight excluding hydrogens is 331 g/mol. The Balaban J connectivity index is 1.67. The Hall–Kier alpha value is -1.90. The van der Waals surface area contributed by atoms with Crippen LogP contribution in [-0.4, -0.2) is 35.9 Å². The lowest BCUT2D eigenvalue weighted by molar-refractivity contribution is -0.130. The van der Waals surface area contributed by atoms with E-state index in [4.69, 9.17) is 10.5 Å². The molecule has 3 rings (SSSR count). The van der Waals surface area contributed by atoms with Gasteiger partial charge >= 0.3 is 0 Å². The standard InChI is InChI=1S/C16H19FN4O2S/c17-12-4-2-1-3-11(12)9-13-20-21-15(24-13)19-14(22)16(10-18)5-7-23-8-6-16/h1-4H,5-10,18H2,(H,19,21,22). The van der Waals surface area contributed by atoms with Crippen molar-refractivity contribution in [3.8, 4) is 0 Å². The van der Waals surface area contributed by atoms with Crippen molar-refractivity contribution in [2.75, 3.05) is 25.1 Å². The number of amides is 1. The predicted molar refractivity (Wildman–Crippen MR) is 89.3 cm³/mol. The Kier molecular flexibility index (Phi) is 5.17. The molecule has 1 aromatic carbocycles. The second-order valence-corrected chi connectivity index (χ2v) is 6.88. The maximum atomic E-state index is 13.7.